The van der Waals surface area contributed by atoms with Crippen molar-refractivity contribution in [2.75, 3.05) is 92.5 Å². The first kappa shape index (κ1) is 40.0. The molecule has 32 heavy (non-hydrogen) atoms. The lowest BCUT2D eigenvalue weighted by Gasteiger charge is -2.26. The summed E-state index contributed by atoms with van der Waals surface area (Å²) in [5.74, 6) is 1.54. The second kappa shape index (κ2) is 29.9. The number of nitrogens with zero attached hydrogens (tertiary/aromatic N) is 4. The molecule has 0 saturated heterocycles. The maximum atomic E-state index is 5.28. The molecule has 0 spiro atoms. The van der Waals surface area contributed by atoms with Crippen molar-refractivity contribution in [3.63, 3.8) is 0 Å². The molecule has 0 heterocycles. The van der Waals surface area contributed by atoms with Gasteiger partial charge in [-0.2, -0.15) is 0 Å². The van der Waals surface area contributed by atoms with E-state index in [9.17, 15) is 0 Å². The number of hydrogen-bond donors (Lipinski definition) is 1. The summed E-state index contributed by atoms with van der Waals surface area (Å²) in [6.07, 6.45) is 6.37. The van der Waals surface area contributed by atoms with Crippen molar-refractivity contribution >= 4 is 35.0 Å². The zero-order valence-electron chi connectivity index (χ0n) is 23.5. The van der Waals surface area contributed by atoms with Crippen LogP contribution < -0.4 is 5.73 Å². The summed E-state index contributed by atoms with van der Waals surface area (Å²) in [7, 11) is 12.8. The Morgan fingerprint density at radius 2 is 1.03 bits per heavy atom. The van der Waals surface area contributed by atoms with Crippen molar-refractivity contribution in [2.45, 2.75) is 59.8 Å². The molecule has 0 aromatic heterocycles. The molecule has 2 N–H and O–H groups in total. The first-order chi connectivity index (χ1) is 14.5. The summed E-state index contributed by atoms with van der Waals surface area (Å²) >= 11 is 2.39. The average Bonchev–Trinajstić information content (AvgIpc) is 2.71. The summed E-state index contributed by atoms with van der Waals surface area (Å²) in [5, 5.41) is 0. The van der Waals surface area contributed by atoms with E-state index in [0.717, 1.165) is 12.5 Å². The third-order valence-electron chi connectivity index (χ3n) is 5.26. The quantitative estimate of drug-likeness (QED) is 0.201. The van der Waals surface area contributed by atoms with Crippen molar-refractivity contribution < 1.29 is 0 Å². The van der Waals surface area contributed by atoms with Crippen LogP contribution in [-0.2, 0) is 0 Å². The fourth-order valence-electron chi connectivity index (χ4n) is 2.63. The molecule has 0 aliphatic heterocycles. The van der Waals surface area contributed by atoms with Gasteiger partial charge >= 0.3 is 0 Å². The summed E-state index contributed by atoms with van der Waals surface area (Å²) in [6.45, 7) is 17.2. The van der Waals surface area contributed by atoms with Crippen molar-refractivity contribution in [1.82, 2.24) is 19.6 Å². The predicted octanol–water partition coefficient (Wildman–Crippen LogP) is 5.02. The maximum Gasteiger partial charge on any atom is 0.000744 e. The molecular weight excluding hydrogens is 533 g/mol. The zero-order chi connectivity index (χ0) is 24.7. The Kier molecular flexibility index (Phi) is 37.3. The highest BCUT2D eigenvalue weighted by atomic mass is 127. The molecule has 0 bridgehead atoms. The van der Waals surface area contributed by atoms with Crippen molar-refractivity contribution in [3.8, 4) is 0 Å². The molecule has 0 fully saturated rings. The van der Waals surface area contributed by atoms with Crippen molar-refractivity contribution in [2.24, 2.45) is 17.6 Å². The molecule has 200 valence electrons. The van der Waals surface area contributed by atoms with E-state index in [2.05, 4.69) is 112 Å². The van der Waals surface area contributed by atoms with E-state index in [4.69, 9.17) is 5.73 Å². The minimum Gasteiger partial charge on any atom is -0.330 e. The highest BCUT2D eigenvalue weighted by molar-refractivity contribution is 14.1. The second-order valence-corrected chi connectivity index (χ2v) is 10.8. The molecule has 0 amide bonds. The standard InChI is InChI=1S/C15H35N3.C5H12IN.C5H13N.ClH/c1-7-15(2)14-18(12-8-10-16(3)4)13-9-11-17(5)6;1-7(2)5-3-4-6;1-3-5(2)4-6;/h15H,7-14H2,1-6H3;3-5H2,1-2H3;5H,3-4,6H2,1-2H3;1H. The first-order valence-corrected chi connectivity index (χ1v) is 14.0. The van der Waals surface area contributed by atoms with Gasteiger partial charge in [0.25, 0.3) is 0 Å². The topological polar surface area (TPSA) is 39.0 Å². The Morgan fingerprint density at radius 1 is 0.656 bits per heavy atom. The Hall–Kier alpha value is 0.820. The van der Waals surface area contributed by atoms with Gasteiger partial charge in [0.15, 0.2) is 0 Å². The van der Waals surface area contributed by atoms with Crippen LogP contribution in [0.3, 0.4) is 0 Å². The second-order valence-electron chi connectivity index (χ2n) is 9.72. The fraction of sp³-hybridized carbons (Fsp3) is 1.00. The summed E-state index contributed by atoms with van der Waals surface area (Å²) in [4.78, 5) is 9.42. The van der Waals surface area contributed by atoms with E-state index in [1.165, 1.54) is 75.8 Å². The molecule has 2 unspecified atom stereocenters. The van der Waals surface area contributed by atoms with Crippen LogP contribution in [0.4, 0.5) is 0 Å². The Morgan fingerprint density at radius 3 is 1.25 bits per heavy atom. The number of nitrogens with two attached hydrogens (primary N) is 1. The lowest BCUT2D eigenvalue weighted by atomic mass is 10.1. The van der Waals surface area contributed by atoms with Crippen LogP contribution in [0.15, 0.2) is 0 Å². The smallest absolute Gasteiger partial charge is 0.000744 e. The van der Waals surface area contributed by atoms with Crippen LogP contribution in [0.5, 0.6) is 0 Å². The normalized spacial score (nSPS) is 12.8. The highest BCUT2D eigenvalue weighted by Gasteiger charge is 2.09. The molecule has 5 nitrogen and oxygen atoms in total. The van der Waals surface area contributed by atoms with E-state index in [0.29, 0.717) is 5.92 Å². The predicted molar refractivity (Wildman–Crippen MR) is 160 cm³/mol. The molecule has 0 radical (unpaired) electrons. The molecule has 0 saturated carbocycles. The monoisotopic (exact) mass is 593 g/mol. The van der Waals surface area contributed by atoms with Gasteiger partial charge in [-0.25, -0.2) is 0 Å². The summed E-state index contributed by atoms with van der Waals surface area (Å²) in [6, 6.07) is 0. The molecule has 0 aromatic carbocycles. The molecule has 0 aliphatic rings. The van der Waals surface area contributed by atoms with E-state index in [-0.39, 0.29) is 12.4 Å². The summed E-state index contributed by atoms with van der Waals surface area (Å²) in [5.41, 5.74) is 5.28. The molecule has 0 aromatic rings. The van der Waals surface area contributed by atoms with Crippen LogP contribution in [0.2, 0.25) is 0 Å². The molecule has 0 aliphatic carbocycles. The Bertz CT molecular complexity index is 315. The van der Waals surface area contributed by atoms with E-state index in [1.807, 2.05) is 0 Å². The average molecular weight is 594 g/mol. The number of hydrogen-bond acceptors (Lipinski definition) is 5. The van der Waals surface area contributed by atoms with E-state index in [1.54, 1.807) is 0 Å². The third-order valence-corrected chi connectivity index (χ3v) is 6.03. The number of alkyl halides is 1. The van der Waals surface area contributed by atoms with Gasteiger partial charge in [-0.05, 0) is 113 Å². The molecule has 0 rings (SSSR count). The van der Waals surface area contributed by atoms with Crippen LogP contribution >= 0.6 is 35.0 Å². The van der Waals surface area contributed by atoms with Gasteiger partial charge in [-0.3, -0.25) is 0 Å². The molecule has 7 heteroatoms. The van der Waals surface area contributed by atoms with Gasteiger partial charge < -0.3 is 25.3 Å². The highest BCUT2D eigenvalue weighted by Crippen LogP contribution is 2.06. The van der Waals surface area contributed by atoms with Gasteiger partial charge in [0.05, 0.1) is 0 Å². The van der Waals surface area contributed by atoms with Gasteiger partial charge in [0, 0.05) is 11.0 Å². The third kappa shape index (κ3) is 38.1. The van der Waals surface area contributed by atoms with Gasteiger partial charge in [0.1, 0.15) is 0 Å². The zero-order valence-corrected chi connectivity index (χ0v) is 26.5. The number of halogens is 2. The Labute approximate surface area is 223 Å². The maximum absolute atomic E-state index is 5.28. The van der Waals surface area contributed by atoms with Gasteiger partial charge in [-0.1, -0.05) is 63.1 Å². The van der Waals surface area contributed by atoms with Crippen LogP contribution in [0, 0.1) is 11.8 Å². The van der Waals surface area contributed by atoms with Crippen molar-refractivity contribution in [1.29, 1.82) is 0 Å². The van der Waals surface area contributed by atoms with Crippen LogP contribution in [0.25, 0.3) is 0 Å². The van der Waals surface area contributed by atoms with Gasteiger partial charge in [-0.15, -0.1) is 12.4 Å². The SMILES string of the molecule is CCC(C)CN.CCC(C)CN(CCCN(C)C)CCCN(C)C.CN(C)CCCI.Cl. The van der Waals surface area contributed by atoms with Crippen LogP contribution in [-0.4, -0.2) is 112 Å². The number of rotatable bonds is 16. The van der Waals surface area contributed by atoms with Crippen LogP contribution in [0.1, 0.15) is 59.8 Å². The lowest BCUT2D eigenvalue weighted by Crippen LogP contribution is -2.33. The first-order valence-electron chi connectivity index (χ1n) is 12.5. The van der Waals surface area contributed by atoms with Crippen molar-refractivity contribution in [3.05, 3.63) is 0 Å². The molecule has 2 atom stereocenters. The Balaban J connectivity index is -0.000000231. The van der Waals surface area contributed by atoms with Gasteiger partial charge in [0.2, 0.25) is 0 Å². The minimum absolute atomic E-state index is 0. The fourth-order valence-corrected chi connectivity index (χ4v) is 2.97. The summed E-state index contributed by atoms with van der Waals surface area (Å²) < 4.78 is 1.27. The minimum atomic E-state index is 0. The van der Waals surface area contributed by atoms with E-state index >= 15 is 0 Å². The van der Waals surface area contributed by atoms with E-state index < -0.39 is 0 Å². The molecular formula is C25H61ClIN5. The lowest BCUT2D eigenvalue weighted by molar-refractivity contribution is 0.212. The largest absolute Gasteiger partial charge is 0.330 e.